The van der Waals surface area contributed by atoms with Gasteiger partial charge in [-0.1, -0.05) is 0 Å². The Labute approximate surface area is 131 Å². The number of rotatable bonds is 3. The average Bonchev–Trinajstić information content (AvgIpc) is 2.55. The van der Waals surface area contributed by atoms with Crippen LogP contribution in [0.5, 0.6) is 5.75 Å². The zero-order chi connectivity index (χ0) is 13.8. The second kappa shape index (κ2) is 6.08. The van der Waals surface area contributed by atoms with E-state index in [1.165, 1.54) is 11.1 Å². The fourth-order valence-corrected chi connectivity index (χ4v) is 2.68. The summed E-state index contributed by atoms with van der Waals surface area (Å²) in [6.45, 7) is 0. The molecule has 3 rings (SSSR count). The third-order valence-corrected chi connectivity index (χ3v) is 3.61. The normalized spacial score (nSPS) is 10.2. The van der Waals surface area contributed by atoms with Gasteiger partial charge in [-0.25, -0.2) is 0 Å². The van der Waals surface area contributed by atoms with Crippen LogP contribution in [0.3, 0.4) is 0 Å². The molecule has 3 aromatic carbocycles. The van der Waals surface area contributed by atoms with Gasteiger partial charge in [-0.3, -0.25) is 0 Å². The van der Waals surface area contributed by atoms with Crippen molar-refractivity contribution < 1.29 is 24.1 Å². The SMILES string of the molecule is [Ti][O]c1c(-c2ccccc2)cccc1-c1ccccc1. The van der Waals surface area contributed by atoms with Crippen LogP contribution in [-0.2, 0) is 20.8 Å². The summed E-state index contributed by atoms with van der Waals surface area (Å²) in [7, 11) is 0. The molecule has 0 aliphatic rings. The Morgan fingerprint density at radius 1 is 0.550 bits per heavy atom. The van der Waals surface area contributed by atoms with E-state index in [-0.39, 0.29) is 0 Å². The topological polar surface area (TPSA) is 9.23 Å². The first-order valence-corrected chi connectivity index (χ1v) is 7.11. The molecule has 0 atom stereocenters. The van der Waals surface area contributed by atoms with Crippen LogP contribution in [0.15, 0.2) is 78.9 Å². The van der Waals surface area contributed by atoms with Crippen LogP contribution in [0.25, 0.3) is 22.3 Å². The number of hydrogen-bond acceptors (Lipinski definition) is 1. The Morgan fingerprint density at radius 2 is 1.00 bits per heavy atom. The summed E-state index contributed by atoms with van der Waals surface area (Å²) in [5, 5.41) is 0. The molecule has 95 valence electrons. The van der Waals surface area contributed by atoms with Crippen molar-refractivity contribution in [1.29, 1.82) is 0 Å². The number of para-hydroxylation sites is 1. The van der Waals surface area contributed by atoms with Crippen molar-refractivity contribution in [2.24, 2.45) is 0 Å². The quantitative estimate of drug-likeness (QED) is 0.626. The van der Waals surface area contributed by atoms with E-state index in [1.807, 2.05) is 36.4 Å². The third-order valence-electron chi connectivity index (χ3n) is 3.29. The molecule has 1 nitrogen and oxygen atoms in total. The monoisotopic (exact) mass is 293 g/mol. The van der Waals surface area contributed by atoms with Gasteiger partial charge in [0, 0.05) is 0 Å². The molecule has 0 bridgehead atoms. The molecule has 0 unspecified atom stereocenters. The molecule has 20 heavy (non-hydrogen) atoms. The van der Waals surface area contributed by atoms with Crippen molar-refractivity contribution in [3.05, 3.63) is 78.9 Å². The first-order chi connectivity index (χ1) is 9.90. The van der Waals surface area contributed by atoms with Crippen molar-refractivity contribution in [1.82, 2.24) is 0 Å². The van der Waals surface area contributed by atoms with Gasteiger partial charge in [-0.2, -0.15) is 0 Å². The van der Waals surface area contributed by atoms with E-state index in [9.17, 15) is 0 Å². The average molecular weight is 293 g/mol. The van der Waals surface area contributed by atoms with Crippen molar-refractivity contribution in [2.45, 2.75) is 0 Å². The molecular formula is C18H13OTi. The Kier molecular flexibility index (Phi) is 4.01. The van der Waals surface area contributed by atoms with Crippen LogP contribution in [0.1, 0.15) is 0 Å². The number of benzene rings is 3. The van der Waals surface area contributed by atoms with E-state index >= 15 is 0 Å². The minimum absolute atomic E-state index is 0.921. The maximum absolute atomic E-state index is 5.69. The Hall–Kier alpha value is -1.83. The van der Waals surface area contributed by atoms with Gasteiger partial charge in [0.25, 0.3) is 0 Å². The number of hydrogen-bond donors (Lipinski definition) is 0. The van der Waals surface area contributed by atoms with Gasteiger partial charge in [0.05, 0.1) is 0 Å². The van der Waals surface area contributed by atoms with Crippen LogP contribution in [-0.4, -0.2) is 0 Å². The molecule has 0 saturated carbocycles. The van der Waals surface area contributed by atoms with E-state index in [0.717, 1.165) is 16.9 Å². The molecule has 0 heterocycles. The van der Waals surface area contributed by atoms with E-state index in [0.29, 0.717) is 0 Å². The van der Waals surface area contributed by atoms with E-state index < -0.39 is 0 Å². The molecule has 0 fully saturated rings. The van der Waals surface area contributed by atoms with Crippen LogP contribution in [0.4, 0.5) is 0 Å². The van der Waals surface area contributed by atoms with E-state index in [1.54, 1.807) is 20.8 Å². The standard InChI is InChI=1S/C18H14O.Ti/c19-18-16(14-8-3-1-4-9-14)12-7-13-17(18)15-10-5-2-6-11-15;/h1-13,19H;/q;+1/p-1. The van der Waals surface area contributed by atoms with Crippen molar-refractivity contribution in [2.75, 3.05) is 0 Å². The van der Waals surface area contributed by atoms with Gasteiger partial charge in [0.2, 0.25) is 0 Å². The second-order valence-corrected chi connectivity index (χ2v) is 4.84. The molecule has 0 aliphatic carbocycles. The summed E-state index contributed by atoms with van der Waals surface area (Å²) < 4.78 is 5.69. The summed E-state index contributed by atoms with van der Waals surface area (Å²) in [4.78, 5) is 0. The predicted molar refractivity (Wildman–Crippen MR) is 77.9 cm³/mol. The van der Waals surface area contributed by atoms with Crippen LogP contribution >= 0.6 is 0 Å². The minimum atomic E-state index is 0.921. The van der Waals surface area contributed by atoms with Crippen molar-refractivity contribution in [3.63, 3.8) is 0 Å². The van der Waals surface area contributed by atoms with Gasteiger partial charge in [-0.15, -0.1) is 0 Å². The van der Waals surface area contributed by atoms with Crippen LogP contribution in [0, 0.1) is 0 Å². The second-order valence-electron chi connectivity index (χ2n) is 4.52. The molecule has 0 aromatic heterocycles. The fourth-order valence-electron chi connectivity index (χ4n) is 2.34. The first kappa shape index (κ1) is 13.2. The van der Waals surface area contributed by atoms with Crippen molar-refractivity contribution >= 4 is 0 Å². The molecule has 0 N–H and O–H groups in total. The fraction of sp³-hybridized carbons (Fsp3) is 0. The zero-order valence-corrected chi connectivity index (χ0v) is 12.5. The van der Waals surface area contributed by atoms with Gasteiger partial charge < -0.3 is 0 Å². The zero-order valence-electron chi connectivity index (χ0n) is 10.9. The molecule has 0 radical (unpaired) electrons. The summed E-state index contributed by atoms with van der Waals surface area (Å²) in [6.07, 6.45) is 0. The molecule has 2 heteroatoms. The summed E-state index contributed by atoms with van der Waals surface area (Å²) in [5.74, 6) is 0.921. The van der Waals surface area contributed by atoms with Gasteiger partial charge >= 0.3 is 131 Å². The van der Waals surface area contributed by atoms with E-state index in [2.05, 4.69) is 42.5 Å². The summed E-state index contributed by atoms with van der Waals surface area (Å²) in [6, 6.07) is 26.9. The Balaban J connectivity index is 2.19. The Bertz CT molecular complexity index is 635. The molecular weight excluding hydrogens is 280 g/mol. The molecule has 0 saturated heterocycles. The van der Waals surface area contributed by atoms with Crippen LogP contribution < -0.4 is 3.32 Å². The predicted octanol–water partition coefficient (Wildman–Crippen LogP) is 4.86. The molecule has 0 aliphatic heterocycles. The third kappa shape index (κ3) is 2.56. The Morgan fingerprint density at radius 3 is 1.40 bits per heavy atom. The van der Waals surface area contributed by atoms with E-state index in [4.69, 9.17) is 3.32 Å². The maximum atomic E-state index is 5.69. The summed E-state index contributed by atoms with van der Waals surface area (Å²) in [5.41, 5.74) is 4.58. The molecule has 3 aromatic rings. The van der Waals surface area contributed by atoms with Crippen molar-refractivity contribution in [3.8, 4) is 28.0 Å². The molecule has 0 spiro atoms. The van der Waals surface area contributed by atoms with Gasteiger partial charge in [0.15, 0.2) is 0 Å². The van der Waals surface area contributed by atoms with Crippen LogP contribution in [0.2, 0.25) is 0 Å². The molecule has 0 amide bonds. The first-order valence-electron chi connectivity index (χ1n) is 6.47. The summed E-state index contributed by atoms with van der Waals surface area (Å²) >= 11 is 1.73. The van der Waals surface area contributed by atoms with Gasteiger partial charge in [0.1, 0.15) is 0 Å². The van der Waals surface area contributed by atoms with Gasteiger partial charge in [-0.05, 0) is 0 Å².